The van der Waals surface area contributed by atoms with Gasteiger partial charge in [0.2, 0.25) is 11.8 Å². The van der Waals surface area contributed by atoms with E-state index in [1.54, 1.807) is 13.8 Å². The van der Waals surface area contributed by atoms with Crippen LogP contribution in [0, 0.1) is 29.1 Å². The second kappa shape index (κ2) is 12.5. The Hall–Kier alpha value is -0.960. The molecule has 5 aliphatic rings. The zero-order valence-corrected chi connectivity index (χ0v) is 25.6. The van der Waals surface area contributed by atoms with E-state index in [0.717, 1.165) is 6.42 Å². The minimum Gasteiger partial charge on any atom is -0.746 e. The van der Waals surface area contributed by atoms with E-state index in [9.17, 15) is 37.6 Å². The van der Waals surface area contributed by atoms with Gasteiger partial charge in [0, 0.05) is 17.9 Å². The summed E-state index contributed by atoms with van der Waals surface area (Å²) in [6.45, 7) is 1.43. The van der Waals surface area contributed by atoms with Crippen molar-refractivity contribution in [3.63, 3.8) is 0 Å². The maximum atomic E-state index is 13.2. The Morgan fingerprint density at radius 3 is 2.38 bits per heavy atom. The molecule has 5 fully saturated rings. The fourth-order valence-corrected chi connectivity index (χ4v) is 7.85. The molecule has 0 aromatic rings. The number of nitrogens with one attached hydrogen (secondary N) is 3. The first-order chi connectivity index (χ1) is 18.4. The third kappa shape index (κ3) is 8.08. The molecule has 14 heteroatoms. The van der Waals surface area contributed by atoms with E-state index in [0.29, 0.717) is 38.6 Å². The van der Waals surface area contributed by atoms with Crippen molar-refractivity contribution in [1.82, 2.24) is 16.0 Å². The molecule has 5 N–H and O–H groups in total. The molecule has 39 heavy (non-hydrogen) atoms. The standard InChI is InChI=1S/C25H41N3O9S.Na/c1-14(2)5-18(21(30)27-19(22(31)38(34,35)36)7-17-3-4-26-20(17)29)28-23(32)37-13-24-8-15-6-16(9-24)11-25(33,10-15)12-24;/h14-19,22,31,33H,3-13H2,1-2H3,(H,26,29)(H,27,30)(H,28,32)(H,34,35,36);/q;+1/p-1/t15-,16+,17-,18-,19-,22?,24?,25?;/m0./s1/i13D2;. The largest absolute Gasteiger partial charge is 1.00 e. The van der Waals surface area contributed by atoms with E-state index in [1.165, 1.54) is 0 Å². The number of rotatable bonds is 11. The molecule has 0 spiro atoms. The van der Waals surface area contributed by atoms with Crippen LogP contribution in [0.15, 0.2) is 0 Å². The van der Waals surface area contributed by atoms with Crippen LogP contribution in [0.1, 0.15) is 74.4 Å². The van der Waals surface area contributed by atoms with E-state index in [2.05, 4.69) is 16.0 Å². The Bertz CT molecular complexity index is 1110. The minimum absolute atomic E-state index is 0. The summed E-state index contributed by atoms with van der Waals surface area (Å²) in [4.78, 5) is 38.2. The first-order valence-electron chi connectivity index (χ1n) is 14.3. The summed E-state index contributed by atoms with van der Waals surface area (Å²) in [6, 6.07) is -2.93. The summed E-state index contributed by atoms with van der Waals surface area (Å²) in [7, 11) is -5.25. The molecule has 8 atom stereocenters. The topological polar surface area (TPSA) is 194 Å². The number of hydrogen-bond donors (Lipinski definition) is 5. The average molecular weight is 584 g/mol. The van der Waals surface area contributed by atoms with Gasteiger partial charge in [-0.1, -0.05) is 13.8 Å². The van der Waals surface area contributed by atoms with Crippen molar-refractivity contribution in [1.29, 1.82) is 0 Å². The van der Waals surface area contributed by atoms with Gasteiger partial charge in [0.05, 0.1) is 20.9 Å². The molecule has 4 saturated carbocycles. The van der Waals surface area contributed by atoms with Crippen molar-refractivity contribution >= 4 is 28.0 Å². The minimum atomic E-state index is -5.25. The van der Waals surface area contributed by atoms with Crippen LogP contribution in [0.25, 0.3) is 0 Å². The molecule has 3 amide bonds. The molecule has 1 aliphatic heterocycles. The van der Waals surface area contributed by atoms with Crippen LogP contribution in [-0.4, -0.2) is 77.3 Å². The van der Waals surface area contributed by atoms with Crippen LogP contribution in [0.2, 0.25) is 0 Å². The molecule has 1 heterocycles. The van der Waals surface area contributed by atoms with Gasteiger partial charge < -0.3 is 35.5 Å². The smallest absolute Gasteiger partial charge is 0.746 e. The molecule has 4 aliphatic carbocycles. The van der Waals surface area contributed by atoms with Crippen molar-refractivity contribution in [3.8, 4) is 0 Å². The fraction of sp³-hybridized carbons (Fsp3) is 0.880. The molecule has 0 radical (unpaired) electrons. The number of amides is 3. The second-order valence-corrected chi connectivity index (χ2v) is 13.8. The molecule has 12 nitrogen and oxygen atoms in total. The van der Waals surface area contributed by atoms with Gasteiger partial charge in [-0.25, -0.2) is 13.2 Å². The summed E-state index contributed by atoms with van der Waals surface area (Å²) in [5.74, 6) is -1.90. The van der Waals surface area contributed by atoms with E-state index in [-0.39, 0.29) is 66.6 Å². The molecule has 4 bridgehead atoms. The number of carbonyl (C=O) groups is 3. The molecule has 216 valence electrons. The summed E-state index contributed by atoms with van der Waals surface area (Å²) < 4.78 is 57.4. The fourth-order valence-electron chi connectivity index (χ4n) is 7.27. The predicted octanol–water partition coefficient (Wildman–Crippen LogP) is -2.66. The first-order valence-corrected chi connectivity index (χ1v) is 14.8. The van der Waals surface area contributed by atoms with E-state index in [4.69, 9.17) is 7.48 Å². The Kier molecular flexibility index (Phi) is 9.46. The van der Waals surface area contributed by atoms with E-state index >= 15 is 0 Å². The van der Waals surface area contributed by atoms with Crippen molar-refractivity contribution in [3.05, 3.63) is 0 Å². The van der Waals surface area contributed by atoms with Crippen molar-refractivity contribution < 1.29 is 74.6 Å². The van der Waals surface area contributed by atoms with Crippen LogP contribution < -0.4 is 45.5 Å². The predicted molar refractivity (Wildman–Crippen MR) is 133 cm³/mol. The number of aliphatic hydroxyl groups excluding tert-OH is 1. The molecule has 0 aromatic heterocycles. The first kappa shape index (κ1) is 29.5. The molecular weight excluding hydrogens is 541 g/mol. The quantitative estimate of drug-likeness (QED) is 0.127. The van der Waals surface area contributed by atoms with E-state index < -0.39 is 69.0 Å². The Labute approximate surface area is 254 Å². The third-order valence-corrected chi connectivity index (χ3v) is 9.30. The van der Waals surface area contributed by atoms with Crippen LogP contribution in [-0.2, 0) is 24.4 Å². The molecular formula is C25H40N3NaO9S. The van der Waals surface area contributed by atoms with Gasteiger partial charge in [-0.15, -0.1) is 0 Å². The number of ether oxygens (including phenoxy) is 1. The summed E-state index contributed by atoms with van der Waals surface area (Å²) in [5, 5.41) is 28.4. The number of carbonyl (C=O) groups excluding carboxylic acids is 3. The summed E-state index contributed by atoms with van der Waals surface area (Å²) >= 11 is 0. The van der Waals surface area contributed by atoms with Gasteiger partial charge >= 0.3 is 35.7 Å². The molecule has 0 aromatic carbocycles. The summed E-state index contributed by atoms with van der Waals surface area (Å²) in [6.07, 6.45) is 2.16. The van der Waals surface area contributed by atoms with Gasteiger partial charge in [0.15, 0.2) is 5.44 Å². The normalized spacial score (nSPS) is 34.7. The van der Waals surface area contributed by atoms with Gasteiger partial charge in [0.25, 0.3) is 0 Å². The van der Waals surface area contributed by atoms with Crippen LogP contribution in [0.5, 0.6) is 0 Å². The number of aliphatic hydroxyl groups is 2. The van der Waals surface area contributed by atoms with Gasteiger partial charge in [-0.2, -0.15) is 0 Å². The maximum Gasteiger partial charge on any atom is 1.00 e. The maximum absolute atomic E-state index is 13.2. The number of alkyl carbamates (subject to hydrolysis) is 1. The monoisotopic (exact) mass is 583 g/mol. The summed E-state index contributed by atoms with van der Waals surface area (Å²) in [5.41, 5.74) is -4.54. The van der Waals surface area contributed by atoms with Crippen LogP contribution in [0.3, 0.4) is 0 Å². The number of hydrogen-bond acceptors (Lipinski definition) is 9. The third-order valence-electron chi connectivity index (χ3n) is 8.38. The van der Waals surface area contributed by atoms with Gasteiger partial charge in [-0.05, 0) is 75.5 Å². The SMILES string of the molecule is [2H]C([2H])(OC(=O)N[C@@H](CC(C)C)C(=O)N[C@@H](C[C@@H]1CCNC1=O)C(O)S(=O)(=O)[O-])C12C[C@@H]3C[C@@H](CC(O)(C3)C1)C2.[Na+]. The molecule has 5 rings (SSSR count). The van der Waals surface area contributed by atoms with Gasteiger partial charge in [-0.3, -0.25) is 9.59 Å². The Morgan fingerprint density at radius 1 is 1.23 bits per heavy atom. The molecule has 3 unspecified atom stereocenters. The molecule has 1 saturated heterocycles. The second-order valence-electron chi connectivity index (χ2n) is 12.3. The Balaban J connectivity index is 0.00000462. The van der Waals surface area contributed by atoms with Crippen molar-refractivity contribution in [2.45, 2.75) is 94.8 Å². The van der Waals surface area contributed by atoms with Crippen LogP contribution in [0.4, 0.5) is 4.79 Å². The zero-order chi connectivity index (χ0) is 29.7. The average Bonchev–Trinajstić information content (AvgIpc) is 3.18. The van der Waals surface area contributed by atoms with Crippen molar-refractivity contribution in [2.75, 3.05) is 13.1 Å². The zero-order valence-electron chi connectivity index (χ0n) is 24.8. The van der Waals surface area contributed by atoms with Crippen LogP contribution >= 0.6 is 0 Å². The van der Waals surface area contributed by atoms with Gasteiger partial charge in [0.1, 0.15) is 16.2 Å². The van der Waals surface area contributed by atoms with E-state index in [1.807, 2.05) is 0 Å². The Morgan fingerprint density at radius 2 is 1.87 bits per heavy atom. The van der Waals surface area contributed by atoms with Crippen molar-refractivity contribution in [2.24, 2.45) is 29.1 Å².